The third-order valence-corrected chi connectivity index (χ3v) is 0. The van der Waals surface area contributed by atoms with Crippen molar-refractivity contribution >= 4 is 52.8 Å². The molecule has 0 fully saturated rings. The van der Waals surface area contributed by atoms with Gasteiger partial charge in [-0.15, -0.1) is 0 Å². The van der Waals surface area contributed by atoms with Crippen LogP contribution in [0.4, 0.5) is 0 Å². The fourth-order valence-electron chi connectivity index (χ4n) is 0. The van der Waals surface area contributed by atoms with Gasteiger partial charge in [-0.1, -0.05) is 0 Å². The maximum atomic E-state index is 0. The molecule has 0 radical (unpaired) electrons. The summed E-state index contributed by atoms with van der Waals surface area (Å²) in [6, 6.07) is 0. The van der Waals surface area contributed by atoms with Gasteiger partial charge in [-0.3, -0.25) is 0 Å². The summed E-state index contributed by atoms with van der Waals surface area (Å²) in [5.74, 6) is 0. The molecule has 0 heterocycles. The van der Waals surface area contributed by atoms with E-state index in [2.05, 4.69) is 0 Å². The molecule has 0 bridgehead atoms. The van der Waals surface area contributed by atoms with Gasteiger partial charge in [-0.25, -0.2) is 0 Å². The smallest absolute Gasteiger partial charge is 0 e. The maximum Gasteiger partial charge on any atom is 0 e. The molecule has 0 aromatic rings. The van der Waals surface area contributed by atoms with Crippen molar-refractivity contribution in [3.8, 4) is 0 Å². The van der Waals surface area contributed by atoms with Crippen molar-refractivity contribution in [1.82, 2.24) is 0 Å². The molecule has 0 unspecified atom stereocenters. The van der Waals surface area contributed by atoms with Crippen LogP contribution < -0.4 is 0 Å². The monoisotopic (exact) mass is 683 g/mol. The summed E-state index contributed by atoms with van der Waals surface area (Å²) >= 11 is 0. The van der Waals surface area contributed by atoms with Gasteiger partial charge < -0.3 is 0 Å². The SMILES string of the molecule is [GeH4].[GeH4].[GeH4].[Zr].[Zr].[Zr].[Zr].[Zr]. The van der Waals surface area contributed by atoms with Crippen LogP contribution in [0.25, 0.3) is 0 Å². The normalized spacial score (nSPS) is 0. The second-order valence-electron chi connectivity index (χ2n) is 0. The van der Waals surface area contributed by atoms with Crippen molar-refractivity contribution < 1.29 is 131 Å². The Morgan fingerprint density at radius 1 is 0.250 bits per heavy atom. The average Bonchev–Trinajstić information content (AvgIpc) is 0. The van der Waals surface area contributed by atoms with E-state index in [-0.39, 0.29) is 184 Å². The van der Waals surface area contributed by atoms with Gasteiger partial charge >= 0.3 is 52.8 Å². The van der Waals surface area contributed by atoms with Crippen LogP contribution in [0.1, 0.15) is 0 Å². The van der Waals surface area contributed by atoms with Crippen LogP contribution in [0, 0.1) is 0 Å². The van der Waals surface area contributed by atoms with Gasteiger partial charge in [-0.05, 0) is 0 Å². The van der Waals surface area contributed by atoms with E-state index < -0.39 is 0 Å². The molecule has 0 aliphatic rings. The molecule has 0 N–H and O–H groups in total. The third kappa shape index (κ3) is 40.2. The summed E-state index contributed by atoms with van der Waals surface area (Å²) in [5.41, 5.74) is 0. The Labute approximate surface area is 179 Å². The molecular formula is H12Ge3Zr5. The summed E-state index contributed by atoms with van der Waals surface area (Å²) in [5, 5.41) is 0. The van der Waals surface area contributed by atoms with Gasteiger partial charge in [0, 0.05) is 131 Å². The zero-order valence-electron chi connectivity index (χ0n) is 2.50. The van der Waals surface area contributed by atoms with Crippen LogP contribution in [-0.4, -0.2) is 52.8 Å². The molecule has 0 nitrogen and oxygen atoms in total. The first-order chi connectivity index (χ1) is 0. The molecular weight excluding hydrogens is 674 g/mol. The minimum atomic E-state index is 0. The Balaban J connectivity index is 0. The van der Waals surface area contributed by atoms with E-state index in [1.807, 2.05) is 0 Å². The first-order valence-electron chi connectivity index (χ1n) is 0. The minimum absolute atomic E-state index is 0. The predicted octanol–water partition coefficient (Wildman–Crippen LogP) is -4.37. The average molecular weight is 686 g/mol. The standard InChI is InChI=1S/3GeH4.5Zr/h3*1H4;;;;;. The van der Waals surface area contributed by atoms with Crippen LogP contribution in [0.15, 0.2) is 0 Å². The van der Waals surface area contributed by atoms with Crippen molar-refractivity contribution in [3.05, 3.63) is 0 Å². The Hall–Kier alpha value is 6.04. The topological polar surface area (TPSA) is 0 Å². The van der Waals surface area contributed by atoms with Crippen molar-refractivity contribution in [3.63, 3.8) is 0 Å². The second-order valence-corrected chi connectivity index (χ2v) is 0. The van der Waals surface area contributed by atoms with Crippen LogP contribution >= 0.6 is 0 Å². The largest absolute Gasteiger partial charge is 0 e. The van der Waals surface area contributed by atoms with E-state index in [4.69, 9.17) is 0 Å². The zero-order valence-corrected chi connectivity index (χ0v) is 14.8. The van der Waals surface area contributed by atoms with Gasteiger partial charge in [0.15, 0.2) is 0 Å². The molecule has 0 amide bonds. The first kappa shape index (κ1) is 65.4. The molecule has 0 saturated carbocycles. The Morgan fingerprint density at radius 2 is 0.250 bits per heavy atom. The molecule has 0 aromatic heterocycles. The molecule has 0 atom stereocenters. The van der Waals surface area contributed by atoms with Crippen LogP contribution in [0.3, 0.4) is 0 Å². The summed E-state index contributed by atoms with van der Waals surface area (Å²) in [7, 11) is 0. The first-order valence-corrected chi connectivity index (χ1v) is 0. The minimum Gasteiger partial charge on any atom is 0 e. The molecule has 0 aliphatic heterocycles. The molecule has 0 spiro atoms. The molecule has 0 rings (SSSR count). The second kappa shape index (κ2) is 51.8. The van der Waals surface area contributed by atoms with Crippen molar-refractivity contribution in [2.24, 2.45) is 0 Å². The van der Waals surface area contributed by atoms with Crippen molar-refractivity contribution in [2.75, 3.05) is 0 Å². The third-order valence-electron chi connectivity index (χ3n) is 0. The van der Waals surface area contributed by atoms with Crippen LogP contribution in [0.5, 0.6) is 0 Å². The van der Waals surface area contributed by atoms with Crippen LogP contribution in [0.2, 0.25) is 0 Å². The molecule has 44 valence electrons. The van der Waals surface area contributed by atoms with Crippen LogP contribution in [-0.2, 0) is 131 Å². The van der Waals surface area contributed by atoms with Gasteiger partial charge in [0.1, 0.15) is 0 Å². The maximum absolute atomic E-state index is 0. The number of hydrogen-bond acceptors (Lipinski definition) is 0. The van der Waals surface area contributed by atoms with Gasteiger partial charge in [-0.2, -0.15) is 0 Å². The fraction of sp³-hybridized carbons (Fsp3) is 0. The number of hydrogen-bond donors (Lipinski definition) is 0. The summed E-state index contributed by atoms with van der Waals surface area (Å²) in [6.45, 7) is 0. The van der Waals surface area contributed by atoms with E-state index in [0.717, 1.165) is 0 Å². The Morgan fingerprint density at radius 3 is 0.250 bits per heavy atom. The summed E-state index contributed by atoms with van der Waals surface area (Å²) in [4.78, 5) is 0. The van der Waals surface area contributed by atoms with E-state index in [9.17, 15) is 0 Å². The van der Waals surface area contributed by atoms with Crippen molar-refractivity contribution in [2.45, 2.75) is 0 Å². The molecule has 0 aliphatic carbocycles. The molecule has 8 heavy (non-hydrogen) atoms. The summed E-state index contributed by atoms with van der Waals surface area (Å²) in [6.07, 6.45) is 0. The van der Waals surface area contributed by atoms with E-state index in [1.54, 1.807) is 0 Å². The van der Waals surface area contributed by atoms with Gasteiger partial charge in [0.05, 0.1) is 0 Å². The van der Waals surface area contributed by atoms with E-state index in [0.29, 0.717) is 0 Å². The molecule has 0 saturated heterocycles. The van der Waals surface area contributed by atoms with Gasteiger partial charge in [0.25, 0.3) is 0 Å². The molecule has 8 heteroatoms. The Kier molecular flexibility index (Phi) is 424. The van der Waals surface area contributed by atoms with Crippen molar-refractivity contribution in [1.29, 1.82) is 0 Å². The number of rotatable bonds is 0. The Bertz CT molecular complexity index is 7.64. The fourth-order valence-corrected chi connectivity index (χ4v) is 0. The van der Waals surface area contributed by atoms with E-state index in [1.165, 1.54) is 0 Å². The summed E-state index contributed by atoms with van der Waals surface area (Å²) < 4.78 is 0. The quantitative estimate of drug-likeness (QED) is 0.227. The van der Waals surface area contributed by atoms with Gasteiger partial charge in [0.2, 0.25) is 0 Å². The molecule has 0 aromatic carbocycles. The zero-order chi connectivity index (χ0) is 0. The predicted molar refractivity (Wildman–Crippen MR) is 34.0 cm³/mol. The van der Waals surface area contributed by atoms with E-state index >= 15 is 0 Å².